The standard InChI is InChI=1S/C30H47N5O3/c1-8-10-19-38-21-23(3)28(35-17-15-34(6)16-18-35)13-11-24(4)32-30(31)33-25(5)26-12-14-29(36-7)27(20-26)22-37-9-2/h8,10-11,13,20H,3,9,12,14-19,21-22H2,1-2,4-7H3,(H2,31,32)/b10-8-,24-11+,28-13+,33-25+. The number of hydrogen-bond donors (Lipinski definition) is 2. The van der Waals surface area contributed by atoms with E-state index in [-0.39, 0.29) is 5.96 Å². The first-order valence-corrected chi connectivity index (χ1v) is 13.4. The fourth-order valence-electron chi connectivity index (χ4n) is 4.24. The Morgan fingerprint density at radius 1 is 1.16 bits per heavy atom. The zero-order valence-corrected chi connectivity index (χ0v) is 24.2. The molecule has 0 atom stereocenters. The van der Waals surface area contributed by atoms with E-state index in [4.69, 9.17) is 19.6 Å². The molecule has 1 aliphatic heterocycles. The number of aliphatic imine (C=N–C) groups is 1. The second kappa shape index (κ2) is 16.8. The lowest BCUT2D eigenvalue weighted by atomic mass is 9.95. The van der Waals surface area contributed by atoms with Crippen LogP contribution in [0.1, 0.15) is 40.5 Å². The number of nitrogens with zero attached hydrogens (tertiary/aromatic N) is 3. The van der Waals surface area contributed by atoms with Gasteiger partial charge in [-0.2, -0.15) is 0 Å². The highest BCUT2D eigenvalue weighted by Crippen LogP contribution is 2.26. The fraction of sp³-hybridized carbons (Fsp3) is 0.533. The summed E-state index contributed by atoms with van der Waals surface area (Å²) < 4.78 is 16.9. The van der Waals surface area contributed by atoms with E-state index in [0.717, 1.165) is 78.6 Å². The van der Waals surface area contributed by atoms with E-state index in [1.165, 1.54) is 0 Å². The lowest BCUT2D eigenvalue weighted by Crippen LogP contribution is -2.44. The molecule has 2 aliphatic rings. The summed E-state index contributed by atoms with van der Waals surface area (Å²) >= 11 is 0. The van der Waals surface area contributed by atoms with Crippen molar-refractivity contribution in [3.8, 4) is 0 Å². The molecule has 2 rings (SSSR count). The summed E-state index contributed by atoms with van der Waals surface area (Å²) in [5.74, 6) is 1.06. The Morgan fingerprint density at radius 3 is 2.55 bits per heavy atom. The van der Waals surface area contributed by atoms with Crippen LogP contribution in [-0.2, 0) is 14.2 Å². The molecule has 0 aromatic carbocycles. The molecule has 1 fully saturated rings. The van der Waals surface area contributed by atoms with E-state index < -0.39 is 0 Å². The van der Waals surface area contributed by atoms with Gasteiger partial charge in [0.15, 0.2) is 0 Å². The number of nitrogens with one attached hydrogen (secondary N) is 2. The topological polar surface area (TPSA) is 82.4 Å². The highest BCUT2D eigenvalue weighted by molar-refractivity contribution is 6.05. The Balaban J connectivity index is 2.11. The first-order valence-electron chi connectivity index (χ1n) is 13.4. The van der Waals surface area contributed by atoms with Crippen molar-refractivity contribution in [3.05, 3.63) is 70.8 Å². The maximum absolute atomic E-state index is 8.42. The molecule has 0 aromatic heterocycles. The lowest BCUT2D eigenvalue weighted by molar-refractivity contribution is 0.165. The Bertz CT molecular complexity index is 995. The Labute approximate surface area is 229 Å². The van der Waals surface area contributed by atoms with Crippen molar-refractivity contribution in [1.82, 2.24) is 15.1 Å². The molecule has 0 radical (unpaired) electrons. The van der Waals surface area contributed by atoms with Crippen LogP contribution < -0.4 is 5.32 Å². The average Bonchev–Trinajstić information content (AvgIpc) is 2.90. The Kier molecular flexibility index (Phi) is 13.8. The molecule has 1 saturated heterocycles. The van der Waals surface area contributed by atoms with Crippen LogP contribution in [0, 0.1) is 5.41 Å². The van der Waals surface area contributed by atoms with Crippen LogP contribution >= 0.6 is 0 Å². The van der Waals surface area contributed by atoms with Gasteiger partial charge in [0.1, 0.15) is 5.76 Å². The fourth-order valence-corrected chi connectivity index (χ4v) is 4.24. The third-order valence-corrected chi connectivity index (χ3v) is 6.52. The van der Waals surface area contributed by atoms with Gasteiger partial charge >= 0.3 is 0 Å². The summed E-state index contributed by atoms with van der Waals surface area (Å²) in [4.78, 5) is 9.21. The monoisotopic (exact) mass is 525 g/mol. The SMILES string of the molecule is C=C(COC/C=C\C)/C(=C\C=C(/C)NC(=N)/N=C(\C)C1=CC(COCC)=C(OC)CC1)N1CCN(C)CC1. The number of ether oxygens (including phenoxy) is 3. The highest BCUT2D eigenvalue weighted by Gasteiger charge is 2.18. The van der Waals surface area contributed by atoms with Gasteiger partial charge in [0.25, 0.3) is 0 Å². The number of rotatable bonds is 13. The largest absolute Gasteiger partial charge is 0.501 e. The van der Waals surface area contributed by atoms with E-state index >= 15 is 0 Å². The van der Waals surface area contributed by atoms with Crippen LogP contribution in [0.15, 0.2) is 75.8 Å². The van der Waals surface area contributed by atoms with Crippen LogP contribution in [0.3, 0.4) is 0 Å². The van der Waals surface area contributed by atoms with E-state index in [0.29, 0.717) is 26.4 Å². The summed E-state index contributed by atoms with van der Waals surface area (Å²) in [5.41, 5.74) is 5.80. The molecule has 38 heavy (non-hydrogen) atoms. The third-order valence-electron chi connectivity index (χ3n) is 6.52. The maximum Gasteiger partial charge on any atom is 0.219 e. The Morgan fingerprint density at radius 2 is 1.89 bits per heavy atom. The van der Waals surface area contributed by atoms with Crippen molar-refractivity contribution < 1.29 is 14.2 Å². The summed E-state index contributed by atoms with van der Waals surface area (Å²) in [6.07, 6.45) is 11.7. The zero-order chi connectivity index (χ0) is 27.9. The molecular formula is C30H47N5O3. The van der Waals surface area contributed by atoms with Crippen molar-refractivity contribution in [2.45, 2.75) is 40.5 Å². The van der Waals surface area contributed by atoms with Crippen molar-refractivity contribution in [3.63, 3.8) is 0 Å². The van der Waals surface area contributed by atoms with Gasteiger partial charge in [-0.15, -0.1) is 0 Å². The van der Waals surface area contributed by atoms with Gasteiger partial charge in [-0.25, -0.2) is 4.99 Å². The summed E-state index contributed by atoms with van der Waals surface area (Å²) in [6, 6.07) is 0. The van der Waals surface area contributed by atoms with Crippen LogP contribution in [0.4, 0.5) is 0 Å². The van der Waals surface area contributed by atoms with E-state index in [1.807, 2.05) is 45.9 Å². The molecule has 1 aliphatic carbocycles. The zero-order valence-electron chi connectivity index (χ0n) is 24.2. The van der Waals surface area contributed by atoms with E-state index in [1.54, 1.807) is 7.11 Å². The molecule has 0 unspecified atom stereocenters. The molecule has 0 bridgehead atoms. The second-order valence-corrected chi connectivity index (χ2v) is 9.51. The third kappa shape index (κ3) is 10.4. The molecule has 0 saturated carbocycles. The number of methoxy groups -OCH3 is 1. The predicted octanol–water partition coefficient (Wildman–Crippen LogP) is 4.81. The van der Waals surface area contributed by atoms with Gasteiger partial charge in [0.2, 0.25) is 5.96 Å². The number of guanidine groups is 1. The van der Waals surface area contributed by atoms with Crippen molar-refractivity contribution in [2.24, 2.45) is 4.99 Å². The molecule has 8 nitrogen and oxygen atoms in total. The lowest BCUT2D eigenvalue weighted by Gasteiger charge is -2.36. The molecule has 210 valence electrons. The first kappa shape index (κ1) is 31.3. The van der Waals surface area contributed by atoms with Crippen molar-refractivity contribution >= 4 is 11.7 Å². The molecule has 2 N–H and O–H groups in total. The first-order chi connectivity index (χ1) is 18.3. The van der Waals surface area contributed by atoms with Crippen LogP contribution in [0.25, 0.3) is 0 Å². The normalized spacial score (nSPS) is 18.2. The van der Waals surface area contributed by atoms with Crippen molar-refractivity contribution in [1.29, 1.82) is 5.41 Å². The van der Waals surface area contributed by atoms with Gasteiger partial charge in [-0.3, -0.25) is 5.41 Å². The number of allylic oxidation sites excluding steroid dienone is 6. The minimum absolute atomic E-state index is 0.105. The van der Waals surface area contributed by atoms with Crippen LogP contribution in [0.5, 0.6) is 0 Å². The Hall–Kier alpha value is -2.94. The molecule has 0 spiro atoms. The predicted molar refractivity (Wildman–Crippen MR) is 157 cm³/mol. The summed E-state index contributed by atoms with van der Waals surface area (Å²) in [7, 11) is 3.85. The minimum atomic E-state index is 0.105. The average molecular weight is 526 g/mol. The molecular weight excluding hydrogens is 478 g/mol. The van der Waals surface area contributed by atoms with Gasteiger partial charge < -0.3 is 29.3 Å². The summed E-state index contributed by atoms with van der Waals surface area (Å²) in [6.45, 7) is 18.3. The molecule has 1 heterocycles. The maximum atomic E-state index is 8.42. The van der Waals surface area contributed by atoms with Gasteiger partial charge in [-0.05, 0) is 70.5 Å². The number of likely N-dealkylation sites (N-methyl/N-ethyl adjacent to an activating group) is 1. The van der Waals surface area contributed by atoms with Gasteiger partial charge in [0.05, 0.1) is 26.9 Å². The van der Waals surface area contributed by atoms with E-state index in [2.05, 4.69) is 45.9 Å². The summed E-state index contributed by atoms with van der Waals surface area (Å²) in [5, 5.41) is 11.5. The quantitative estimate of drug-likeness (QED) is 0.118. The minimum Gasteiger partial charge on any atom is -0.501 e. The second-order valence-electron chi connectivity index (χ2n) is 9.51. The van der Waals surface area contributed by atoms with Gasteiger partial charge in [0, 0.05) is 61.9 Å². The van der Waals surface area contributed by atoms with Crippen LogP contribution in [0.2, 0.25) is 0 Å². The highest BCUT2D eigenvalue weighted by atomic mass is 16.5. The molecule has 0 aromatic rings. The number of piperazine rings is 1. The molecule has 0 amide bonds. The number of hydrogen-bond acceptors (Lipinski definition) is 6. The van der Waals surface area contributed by atoms with E-state index in [9.17, 15) is 0 Å². The molecule has 8 heteroatoms. The van der Waals surface area contributed by atoms with Crippen molar-refractivity contribution in [2.75, 3.05) is 66.8 Å². The van der Waals surface area contributed by atoms with Crippen LogP contribution in [-0.4, -0.2) is 88.2 Å². The smallest absolute Gasteiger partial charge is 0.219 e. The van der Waals surface area contributed by atoms with Gasteiger partial charge in [-0.1, -0.05) is 18.7 Å².